The van der Waals surface area contributed by atoms with Crippen LogP contribution in [0.15, 0.2) is 47.6 Å². The van der Waals surface area contributed by atoms with Gasteiger partial charge in [-0.1, -0.05) is 12.1 Å². The number of hydrogen-bond donors (Lipinski definition) is 1. The zero-order chi connectivity index (χ0) is 13.0. The van der Waals surface area contributed by atoms with Crippen LogP contribution in [0.2, 0.25) is 0 Å². The largest absolute Gasteiger partial charge is 0.397 e. The maximum Gasteiger partial charge on any atom is 0.269 e. The molecule has 0 unspecified atom stereocenters. The molecule has 1 aromatic heterocycles. The van der Waals surface area contributed by atoms with Crippen molar-refractivity contribution in [3.8, 4) is 0 Å². The Hall–Kier alpha value is -2.08. The molecule has 92 valence electrons. The number of thioether (sulfide) groups is 1. The predicted octanol–water partition coefficient (Wildman–Crippen LogP) is 2.86. The van der Waals surface area contributed by atoms with Crippen LogP contribution in [0.25, 0.3) is 0 Å². The SMILES string of the molecule is Nc1ccc(SCc2cccc([N+](=O)[O-])c2)nc1. The number of pyridine rings is 1. The third-order valence-corrected chi connectivity index (χ3v) is 3.28. The van der Waals surface area contributed by atoms with E-state index in [4.69, 9.17) is 5.73 Å². The van der Waals surface area contributed by atoms with Crippen molar-refractivity contribution < 1.29 is 4.92 Å². The molecule has 1 heterocycles. The molecule has 0 aliphatic rings. The van der Waals surface area contributed by atoms with E-state index in [0.29, 0.717) is 11.4 Å². The minimum atomic E-state index is -0.393. The summed E-state index contributed by atoms with van der Waals surface area (Å²) in [6.07, 6.45) is 1.59. The molecule has 2 aromatic rings. The molecule has 18 heavy (non-hydrogen) atoms. The Bertz CT molecular complexity index is 558. The molecule has 0 bridgehead atoms. The summed E-state index contributed by atoms with van der Waals surface area (Å²) in [7, 11) is 0. The lowest BCUT2D eigenvalue weighted by Crippen LogP contribution is -1.90. The van der Waals surface area contributed by atoms with Crippen LogP contribution in [0.3, 0.4) is 0 Å². The highest BCUT2D eigenvalue weighted by atomic mass is 32.2. The van der Waals surface area contributed by atoms with Crippen molar-refractivity contribution >= 4 is 23.1 Å². The molecule has 0 saturated heterocycles. The van der Waals surface area contributed by atoms with Crippen molar-refractivity contribution in [2.75, 3.05) is 5.73 Å². The molecular weight excluding hydrogens is 250 g/mol. The van der Waals surface area contributed by atoms with E-state index in [9.17, 15) is 10.1 Å². The van der Waals surface area contributed by atoms with E-state index in [-0.39, 0.29) is 5.69 Å². The number of nitrogens with zero attached hydrogens (tertiary/aromatic N) is 2. The predicted molar refractivity (Wildman–Crippen MR) is 71.3 cm³/mol. The molecule has 0 aliphatic carbocycles. The number of nitro benzene ring substituents is 1. The van der Waals surface area contributed by atoms with Gasteiger partial charge in [-0.25, -0.2) is 4.98 Å². The molecule has 0 spiro atoms. The van der Waals surface area contributed by atoms with Gasteiger partial charge in [-0.15, -0.1) is 11.8 Å². The van der Waals surface area contributed by atoms with Crippen molar-refractivity contribution in [3.63, 3.8) is 0 Å². The topological polar surface area (TPSA) is 82.0 Å². The van der Waals surface area contributed by atoms with E-state index >= 15 is 0 Å². The first kappa shape index (κ1) is 12.4. The summed E-state index contributed by atoms with van der Waals surface area (Å²) in [5.41, 5.74) is 7.17. The van der Waals surface area contributed by atoms with Gasteiger partial charge in [-0.05, 0) is 17.7 Å². The average molecular weight is 261 g/mol. The molecule has 0 fully saturated rings. The van der Waals surface area contributed by atoms with Crippen LogP contribution in [0.5, 0.6) is 0 Å². The van der Waals surface area contributed by atoms with Gasteiger partial charge in [0.05, 0.1) is 21.8 Å². The number of anilines is 1. The van der Waals surface area contributed by atoms with E-state index < -0.39 is 4.92 Å². The van der Waals surface area contributed by atoms with Gasteiger partial charge in [0.25, 0.3) is 5.69 Å². The van der Waals surface area contributed by atoms with Crippen molar-refractivity contribution in [2.45, 2.75) is 10.8 Å². The van der Waals surface area contributed by atoms with E-state index in [1.165, 1.54) is 17.8 Å². The molecule has 0 atom stereocenters. The summed E-state index contributed by atoms with van der Waals surface area (Å²) in [6, 6.07) is 10.2. The fraction of sp³-hybridized carbons (Fsp3) is 0.0833. The van der Waals surface area contributed by atoms with Crippen LogP contribution in [-0.2, 0) is 5.75 Å². The standard InChI is InChI=1S/C12H11N3O2S/c13-10-4-5-12(14-7-10)18-8-9-2-1-3-11(6-9)15(16)17/h1-7H,8,13H2. The molecule has 0 radical (unpaired) electrons. The lowest BCUT2D eigenvalue weighted by atomic mass is 10.2. The van der Waals surface area contributed by atoms with Crippen molar-refractivity contribution in [1.29, 1.82) is 0 Å². The second-order valence-corrected chi connectivity index (χ2v) is 4.64. The van der Waals surface area contributed by atoms with E-state index in [1.807, 2.05) is 12.1 Å². The minimum absolute atomic E-state index is 0.110. The number of nitro groups is 1. The summed E-state index contributed by atoms with van der Waals surface area (Å²) >= 11 is 1.51. The van der Waals surface area contributed by atoms with Crippen LogP contribution in [0.1, 0.15) is 5.56 Å². The van der Waals surface area contributed by atoms with Gasteiger partial charge >= 0.3 is 0 Å². The highest BCUT2D eigenvalue weighted by Gasteiger charge is 2.06. The lowest BCUT2D eigenvalue weighted by Gasteiger charge is -2.01. The Balaban J connectivity index is 2.04. The fourth-order valence-corrected chi connectivity index (χ4v) is 2.18. The summed E-state index contributed by atoms with van der Waals surface area (Å²) in [5.74, 6) is 0.637. The van der Waals surface area contributed by atoms with Crippen LogP contribution in [0.4, 0.5) is 11.4 Å². The van der Waals surface area contributed by atoms with Crippen molar-refractivity contribution in [2.24, 2.45) is 0 Å². The first-order valence-corrected chi connectivity index (χ1v) is 6.21. The van der Waals surface area contributed by atoms with E-state index in [1.54, 1.807) is 24.4 Å². The Morgan fingerprint density at radius 2 is 2.17 bits per heavy atom. The first-order chi connectivity index (χ1) is 8.65. The number of aromatic nitrogens is 1. The molecule has 2 rings (SSSR count). The van der Waals surface area contributed by atoms with Crippen LogP contribution >= 0.6 is 11.8 Å². The summed E-state index contributed by atoms with van der Waals surface area (Å²) in [5, 5.41) is 11.5. The zero-order valence-electron chi connectivity index (χ0n) is 9.45. The highest BCUT2D eigenvalue weighted by Crippen LogP contribution is 2.23. The van der Waals surface area contributed by atoms with Gasteiger partial charge in [-0.3, -0.25) is 10.1 Å². The molecular formula is C12H11N3O2S. The van der Waals surface area contributed by atoms with Gasteiger partial charge in [0, 0.05) is 17.9 Å². The molecule has 2 N–H and O–H groups in total. The minimum Gasteiger partial charge on any atom is -0.397 e. The Labute approximate surface area is 108 Å². The number of hydrogen-bond acceptors (Lipinski definition) is 5. The monoisotopic (exact) mass is 261 g/mol. The van der Waals surface area contributed by atoms with Crippen molar-refractivity contribution in [3.05, 3.63) is 58.3 Å². The first-order valence-electron chi connectivity index (χ1n) is 5.23. The summed E-state index contributed by atoms with van der Waals surface area (Å²) < 4.78 is 0. The fourth-order valence-electron chi connectivity index (χ4n) is 1.39. The number of non-ortho nitro benzene ring substituents is 1. The van der Waals surface area contributed by atoms with Crippen LogP contribution in [0, 0.1) is 10.1 Å². The van der Waals surface area contributed by atoms with Crippen molar-refractivity contribution in [1.82, 2.24) is 4.98 Å². The molecule has 6 heteroatoms. The second kappa shape index (κ2) is 5.50. The number of nitrogens with two attached hydrogens (primary N) is 1. The summed E-state index contributed by atoms with van der Waals surface area (Å²) in [4.78, 5) is 14.4. The summed E-state index contributed by atoms with van der Waals surface area (Å²) in [6.45, 7) is 0. The number of rotatable bonds is 4. The number of nitrogen functional groups attached to an aromatic ring is 1. The Morgan fingerprint density at radius 1 is 1.33 bits per heavy atom. The maximum absolute atomic E-state index is 10.6. The quantitative estimate of drug-likeness (QED) is 0.520. The normalized spacial score (nSPS) is 10.2. The van der Waals surface area contributed by atoms with Crippen LogP contribution < -0.4 is 5.73 Å². The van der Waals surface area contributed by atoms with Gasteiger partial charge in [0.15, 0.2) is 0 Å². The lowest BCUT2D eigenvalue weighted by molar-refractivity contribution is -0.384. The Kier molecular flexibility index (Phi) is 3.78. The van der Waals surface area contributed by atoms with Gasteiger partial charge < -0.3 is 5.73 Å². The van der Waals surface area contributed by atoms with Gasteiger partial charge in [-0.2, -0.15) is 0 Å². The number of benzene rings is 1. The molecule has 1 aromatic carbocycles. The molecule has 0 aliphatic heterocycles. The third kappa shape index (κ3) is 3.21. The van der Waals surface area contributed by atoms with E-state index in [2.05, 4.69) is 4.98 Å². The maximum atomic E-state index is 10.6. The molecule has 5 nitrogen and oxygen atoms in total. The molecule has 0 saturated carbocycles. The third-order valence-electron chi connectivity index (χ3n) is 2.27. The second-order valence-electron chi connectivity index (χ2n) is 3.65. The van der Waals surface area contributed by atoms with Gasteiger partial charge in [0.2, 0.25) is 0 Å². The average Bonchev–Trinajstić information content (AvgIpc) is 2.38. The van der Waals surface area contributed by atoms with E-state index in [0.717, 1.165) is 10.6 Å². The highest BCUT2D eigenvalue weighted by molar-refractivity contribution is 7.98. The zero-order valence-corrected chi connectivity index (χ0v) is 10.3. The van der Waals surface area contributed by atoms with Gasteiger partial charge in [0.1, 0.15) is 0 Å². The molecule has 0 amide bonds. The van der Waals surface area contributed by atoms with Crippen LogP contribution in [-0.4, -0.2) is 9.91 Å². The Morgan fingerprint density at radius 3 is 2.83 bits per heavy atom. The smallest absolute Gasteiger partial charge is 0.269 e.